The molecule has 0 saturated carbocycles. The minimum atomic E-state index is -4.69. The standard InChI is InChI=1S/C38H44FN3O8S/c1-7-40-22-34(44)31(21-36(45)50-38(4,5)6)30-16-15-28(20-32(30)39)41(51(48,49)35-14-9-8-13-33(35)42(46)47)23-26-11-10-12-27(19-26)37-24(2)17-29(43)18-25(37)3/h8-20,31,34,40,43-44H,7,21-23H2,1-6H3. The van der Waals surface area contributed by atoms with Crippen LogP contribution in [-0.4, -0.2) is 54.3 Å². The van der Waals surface area contributed by atoms with Crippen LogP contribution in [0.2, 0.25) is 0 Å². The second kappa shape index (κ2) is 16.0. The van der Waals surface area contributed by atoms with E-state index in [4.69, 9.17) is 4.74 Å². The van der Waals surface area contributed by atoms with E-state index in [1.165, 1.54) is 24.3 Å². The molecular weight excluding hydrogens is 677 g/mol. The number of aliphatic hydroxyl groups is 1. The van der Waals surface area contributed by atoms with Gasteiger partial charge in [-0.3, -0.25) is 19.2 Å². The molecule has 0 fully saturated rings. The van der Waals surface area contributed by atoms with E-state index >= 15 is 4.39 Å². The van der Waals surface area contributed by atoms with E-state index in [1.54, 1.807) is 51.1 Å². The first-order valence-electron chi connectivity index (χ1n) is 16.5. The highest BCUT2D eigenvalue weighted by molar-refractivity contribution is 7.93. The minimum Gasteiger partial charge on any atom is -0.508 e. The van der Waals surface area contributed by atoms with Crippen molar-refractivity contribution in [2.75, 3.05) is 17.4 Å². The summed E-state index contributed by atoms with van der Waals surface area (Å²) in [4.78, 5) is 23.4. The molecule has 4 aromatic rings. The number of anilines is 1. The number of carbonyl (C=O) groups excluding carboxylic acids is 1. The Labute approximate surface area is 297 Å². The quantitative estimate of drug-likeness (QED) is 0.0715. The number of carbonyl (C=O) groups is 1. The van der Waals surface area contributed by atoms with Gasteiger partial charge in [0.2, 0.25) is 0 Å². The maximum absolute atomic E-state index is 16.2. The number of sulfonamides is 1. The zero-order chi connectivity index (χ0) is 37.7. The highest BCUT2D eigenvalue weighted by Crippen LogP contribution is 2.36. The fraction of sp³-hybridized carbons (Fsp3) is 0.342. The molecule has 0 saturated heterocycles. The number of phenolic OH excluding ortho intramolecular Hbond substituents is 1. The van der Waals surface area contributed by atoms with E-state index in [0.29, 0.717) is 12.1 Å². The number of rotatable bonds is 14. The van der Waals surface area contributed by atoms with Crippen molar-refractivity contribution in [2.45, 2.75) is 77.0 Å². The smallest absolute Gasteiger partial charge is 0.307 e. The maximum Gasteiger partial charge on any atom is 0.307 e. The van der Waals surface area contributed by atoms with Crippen LogP contribution in [0.5, 0.6) is 5.75 Å². The number of hydrogen-bond donors (Lipinski definition) is 3. The Morgan fingerprint density at radius 3 is 2.29 bits per heavy atom. The lowest BCUT2D eigenvalue weighted by atomic mass is 9.89. The Morgan fingerprint density at radius 1 is 1.02 bits per heavy atom. The molecule has 51 heavy (non-hydrogen) atoms. The van der Waals surface area contributed by atoms with Gasteiger partial charge in [-0.2, -0.15) is 0 Å². The molecule has 0 bridgehead atoms. The predicted molar refractivity (Wildman–Crippen MR) is 194 cm³/mol. The molecule has 0 radical (unpaired) electrons. The number of esters is 1. The molecule has 0 amide bonds. The largest absolute Gasteiger partial charge is 0.508 e. The van der Waals surface area contributed by atoms with Gasteiger partial charge in [-0.05, 0) is 111 Å². The number of halogens is 1. The third kappa shape index (κ3) is 9.48. The first-order chi connectivity index (χ1) is 23.9. The van der Waals surface area contributed by atoms with Crippen LogP contribution >= 0.6 is 0 Å². The normalized spacial score (nSPS) is 13.0. The summed E-state index contributed by atoms with van der Waals surface area (Å²) in [6, 6.07) is 18.9. The Bertz CT molecular complexity index is 1990. The summed E-state index contributed by atoms with van der Waals surface area (Å²) in [6.07, 6.45) is -1.54. The van der Waals surface area contributed by atoms with Gasteiger partial charge in [0.05, 0.1) is 29.7 Å². The molecule has 0 aliphatic carbocycles. The van der Waals surface area contributed by atoms with Crippen LogP contribution in [0, 0.1) is 29.8 Å². The number of nitro groups is 1. The number of nitro benzene ring substituents is 1. The molecular formula is C38H44FN3O8S. The molecule has 2 atom stereocenters. The molecule has 0 aromatic heterocycles. The van der Waals surface area contributed by atoms with Gasteiger partial charge in [-0.1, -0.05) is 43.3 Å². The molecule has 4 aromatic carbocycles. The van der Waals surface area contributed by atoms with Crippen molar-refractivity contribution in [1.82, 2.24) is 5.32 Å². The second-order valence-corrected chi connectivity index (χ2v) is 15.2. The van der Waals surface area contributed by atoms with E-state index in [0.717, 1.165) is 44.8 Å². The second-order valence-electron chi connectivity index (χ2n) is 13.4. The average Bonchev–Trinajstić information content (AvgIpc) is 3.04. The number of benzene rings is 4. The van der Waals surface area contributed by atoms with Gasteiger partial charge in [-0.15, -0.1) is 0 Å². The highest BCUT2D eigenvalue weighted by atomic mass is 32.2. The number of likely N-dealkylation sites (N-methyl/N-ethyl adjacent to an activating group) is 1. The zero-order valence-electron chi connectivity index (χ0n) is 29.5. The summed E-state index contributed by atoms with van der Waals surface area (Å²) in [7, 11) is -4.69. The van der Waals surface area contributed by atoms with Crippen LogP contribution in [0.4, 0.5) is 15.8 Å². The SMILES string of the molecule is CCNCC(O)C(CC(=O)OC(C)(C)C)c1ccc(N(Cc2cccc(-c3c(C)cc(O)cc3C)c2)S(=O)(=O)c2ccccc2[N+](=O)[O-])cc1F. The lowest BCUT2D eigenvalue weighted by molar-refractivity contribution is -0.387. The van der Waals surface area contributed by atoms with E-state index in [1.807, 2.05) is 26.8 Å². The van der Waals surface area contributed by atoms with Gasteiger partial charge in [0.1, 0.15) is 17.2 Å². The molecule has 0 heterocycles. The summed E-state index contributed by atoms with van der Waals surface area (Å²) in [6.45, 7) is 10.8. The number of nitrogens with zero attached hydrogens (tertiary/aromatic N) is 2. The van der Waals surface area contributed by atoms with Crippen LogP contribution in [0.1, 0.15) is 62.3 Å². The topological polar surface area (TPSA) is 159 Å². The van der Waals surface area contributed by atoms with E-state index < -0.39 is 54.9 Å². The van der Waals surface area contributed by atoms with Crippen molar-refractivity contribution >= 4 is 27.4 Å². The van der Waals surface area contributed by atoms with Crippen LogP contribution in [0.25, 0.3) is 11.1 Å². The number of para-hydroxylation sites is 1. The first-order valence-corrected chi connectivity index (χ1v) is 17.9. The van der Waals surface area contributed by atoms with Gasteiger partial charge in [0, 0.05) is 18.5 Å². The van der Waals surface area contributed by atoms with Crippen molar-refractivity contribution in [2.24, 2.45) is 0 Å². The number of hydrogen-bond acceptors (Lipinski definition) is 9. The fourth-order valence-corrected chi connectivity index (χ4v) is 7.67. The molecule has 4 rings (SSSR count). The van der Waals surface area contributed by atoms with Crippen LogP contribution in [0.3, 0.4) is 0 Å². The van der Waals surface area contributed by atoms with Crippen LogP contribution < -0.4 is 9.62 Å². The van der Waals surface area contributed by atoms with Crippen LogP contribution in [-0.2, 0) is 26.1 Å². The number of aryl methyl sites for hydroxylation is 2. The van der Waals surface area contributed by atoms with Gasteiger partial charge < -0.3 is 20.3 Å². The lowest BCUT2D eigenvalue weighted by Gasteiger charge is -2.28. The summed E-state index contributed by atoms with van der Waals surface area (Å²) >= 11 is 0. The molecule has 0 spiro atoms. The van der Waals surface area contributed by atoms with Crippen molar-refractivity contribution < 1.29 is 37.5 Å². The molecule has 11 nitrogen and oxygen atoms in total. The third-order valence-electron chi connectivity index (χ3n) is 8.24. The number of aliphatic hydroxyl groups excluding tert-OH is 1. The van der Waals surface area contributed by atoms with Crippen LogP contribution in [0.15, 0.2) is 83.8 Å². The summed E-state index contributed by atoms with van der Waals surface area (Å²) in [5.41, 5.74) is 2.04. The first kappa shape index (κ1) is 38.9. The molecule has 272 valence electrons. The Hall–Kier alpha value is -4.85. The van der Waals surface area contributed by atoms with E-state index in [2.05, 4.69) is 5.32 Å². The Balaban J connectivity index is 1.84. The number of ether oxygens (including phenoxy) is 1. The monoisotopic (exact) mass is 721 g/mol. The van der Waals surface area contributed by atoms with Crippen molar-refractivity contribution in [3.8, 4) is 16.9 Å². The molecule has 0 aliphatic rings. The van der Waals surface area contributed by atoms with Gasteiger partial charge in [0.25, 0.3) is 15.7 Å². The Morgan fingerprint density at radius 2 is 1.69 bits per heavy atom. The van der Waals surface area contributed by atoms with Crippen molar-refractivity contribution in [1.29, 1.82) is 0 Å². The van der Waals surface area contributed by atoms with Gasteiger partial charge >= 0.3 is 5.97 Å². The molecule has 0 aliphatic heterocycles. The maximum atomic E-state index is 16.2. The minimum absolute atomic E-state index is 0.0293. The van der Waals surface area contributed by atoms with Crippen molar-refractivity contribution in [3.63, 3.8) is 0 Å². The van der Waals surface area contributed by atoms with E-state index in [9.17, 15) is 33.5 Å². The van der Waals surface area contributed by atoms with Gasteiger partial charge in [0.15, 0.2) is 4.90 Å². The van der Waals surface area contributed by atoms with Crippen molar-refractivity contribution in [3.05, 3.63) is 117 Å². The van der Waals surface area contributed by atoms with Gasteiger partial charge in [-0.25, -0.2) is 12.8 Å². The summed E-state index contributed by atoms with van der Waals surface area (Å²) in [5.74, 6) is -2.46. The third-order valence-corrected chi connectivity index (χ3v) is 10.1. The Kier molecular flexibility index (Phi) is 12.2. The fourth-order valence-electron chi connectivity index (χ4n) is 6.07. The zero-order valence-corrected chi connectivity index (χ0v) is 30.3. The highest BCUT2D eigenvalue weighted by Gasteiger charge is 2.34. The molecule has 2 unspecified atom stereocenters. The lowest BCUT2D eigenvalue weighted by Crippen LogP contribution is -2.35. The molecule has 3 N–H and O–H groups in total. The molecule has 13 heteroatoms. The summed E-state index contributed by atoms with van der Waals surface area (Å²) in [5, 5.41) is 36.1. The number of nitrogens with one attached hydrogen (secondary N) is 1. The average molecular weight is 722 g/mol. The predicted octanol–water partition coefficient (Wildman–Crippen LogP) is 6.90. The van der Waals surface area contributed by atoms with E-state index in [-0.39, 0.29) is 36.5 Å². The number of phenols is 1. The number of aromatic hydroxyl groups is 1. The summed E-state index contributed by atoms with van der Waals surface area (Å²) < 4.78 is 51.3.